The minimum Gasteiger partial charge on any atom is -0.346 e. The molecule has 1 heterocycles. The van der Waals surface area contributed by atoms with Crippen LogP contribution in [0.25, 0.3) is 0 Å². The van der Waals surface area contributed by atoms with Crippen LogP contribution in [0.4, 0.5) is 4.39 Å². The highest BCUT2D eigenvalue weighted by Crippen LogP contribution is 2.16. The van der Waals surface area contributed by atoms with E-state index in [4.69, 9.17) is 0 Å². The van der Waals surface area contributed by atoms with Gasteiger partial charge in [0.1, 0.15) is 5.82 Å². The van der Waals surface area contributed by atoms with E-state index in [2.05, 4.69) is 31.2 Å². The molecule has 0 saturated heterocycles. The van der Waals surface area contributed by atoms with Crippen LogP contribution in [0.5, 0.6) is 0 Å². The maximum absolute atomic E-state index is 13.3. The molecule has 0 unspecified atom stereocenters. The molecule has 0 radical (unpaired) electrons. The van der Waals surface area contributed by atoms with E-state index >= 15 is 0 Å². The molecule has 2 rings (SSSR count). The van der Waals surface area contributed by atoms with Gasteiger partial charge in [0.05, 0.1) is 28.6 Å². The number of amides is 1. The molecule has 1 amide bonds. The zero-order valence-electron chi connectivity index (χ0n) is 10.2. The fraction of sp³-hybridized carbons (Fsp3) is 0.154. The van der Waals surface area contributed by atoms with E-state index < -0.39 is 5.82 Å². The van der Waals surface area contributed by atoms with Gasteiger partial charge in [0.2, 0.25) is 0 Å². The number of carbonyl (C=O) groups is 1. The van der Waals surface area contributed by atoms with E-state index in [0.29, 0.717) is 10.2 Å². The summed E-state index contributed by atoms with van der Waals surface area (Å²) in [5, 5.41) is 2.66. The molecular formula is C13H11BrFN3O. The Bertz CT molecular complexity index is 601. The molecule has 0 spiro atoms. The molecule has 0 aliphatic carbocycles. The Kier molecular flexibility index (Phi) is 4.21. The molecule has 0 aliphatic heterocycles. The highest BCUT2D eigenvalue weighted by Gasteiger charge is 2.08. The summed E-state index contributed by atoms with van der Waals surface area (Å²) in [7, 11) is 0. The number of benzene rings is 1. The van der Waals surface area contributed by atoms with Gasteiger partial charge in [-0.1, -0.05) is 0 Å². The lowest BCUT2D eigenvalue weighted by atomic mass is 10.2. The summed E-state index contributed by atoms with van der Waals surface area (Å²) in [5.74, 6) is -0.823. The van der Waals surface area contributed by atoms with Gasteiger partial charge in [0.15, 0.2) is 0 Å². The van der Waals surface area contributed by atoms with Gasteiger partial charge in [0, 0.05) is 11.8 Å². The summed E-state index contributed by atoms with van der Waals surface area (Å²) in [6, 6.07) is 4.22. The number of aryl methyl sites for hydroxylation is 1. The van der Waals surface area contributed by atoms with Crippen molar-refractivity contribution in [3.63, 3.8) is 0 Å². The molecule has 1 aromatic carbocycles. The number of hydrogen-bond donors (Lipinski definition) is 1. The standard InChI is InChI=1S/C13H11BrFN3O/c1-8-5-17-10(6-16-8)7-18-13(19)9-2-3-11(14)12(15)4-9/h2-6H,7H2,1H3,(H,18,19). The van der Waals surface area contributed by atoms with Crippen LogP contribution in [0, 0.1) is 12.7 Å². The second kappa shape index (κ2) is 5.88. The topological polar surface area (TPSA) is 54.9 Å². The van der Waals surface area contributed by atoms with Crippen molar-refractivity contribution < 1.29 is 9.18 Å². The molecular weight excluding hydrogens is 313 g/mol. The summed E-state index contributed by atoms with van der Waals surface area (Å²) in [5.41, 5.74) is 1.72. The van der Waals surface area contributed by atoms with Gasteiger partial charge in [-0.15, -0.1) is 0 Å². The number of rotatable bonds is 3. The Morgan fingerprint density at radius 1 is 1.37 bits per heavy atom. The first-order chi connectivity index (χ1) is 9.06. The van der Waals surface area contributed by atoms with Gasteiger partial charge in [0.25, 0.3) is 5.91 Å². The predicted octanol–water partition coefficient (Wildman–Crippen LogP) is 2.62. The normalized spacial score (nSPS) is 10.3. The van der Waals surface area contributed by atoms with Crippen molar-refractivity contribution in [1.82, 2.24) is 15.3 Å². The SMILES string of the molecule is Cc1cnc(CNC(=O)c2ccc(Br)c(F)c2)cn1. The predicted molar refractivity (Wildman–Crippen MR) is 72.0 cm³/mol. The van der Waals surface area contributed by atoms with E-state index in [1.165, 1.54) is 12.1 Å². The van der Waals surface area contributed by atoms with Crippen LogP contribution < -0.4 is 5.32 Å². The van der Waals surface area contributed by atoms with Crippen LogP contribution in [0.1, 0.15) is 21.7 Å². The van der Waals surface area contributed by atoms with Crippen molar-refractivity contribution in [2.45, 2.75) is 13.5 Å². The maximum Gasteiger partial charge on any atom is 0.251 e. The molecule has 2 aromatic rings. The van der Waals surface area contributed by atoms with Crippen LogP contribution in [0.3, 0.4) is 0 Å². The van der Waals surface area contributed by atoms with Crippen molar-refractivity contribution >= 4 is 21.8 Å². The Balaban J connectivity index is 2.01. The zero-order chi connectivity index (χ0) is 13.8. The lowest BCUT2D eigenvalue weighted by Crippen LogP contribution is -2.23. The molecule has 0 saturated carbocycles. The molecule has 6 heteroatoms. The highest BCUT2D eigenvalue weighted by atomic mass is 79.9. The first-order valence-electron chi connectivity index (χ1n) is 5.57. The fourth-order valence-corrected chi connectivity index (χ4v) is 1.67. The number of halogens is 2. The van der Waals surface area contributed by atoms with E-state index in [9.17, 15) is 9.18 Å². The van der Waals surface area contributed by atoms with Crippen molar-refractivity contribution in [2.75, 3.05) is 0 Å². The van der Waals surface area contributed by atoms with E-state index in [1.54, 1.807) is 18.5 Å². The minimum atomic E-state index is -0.470. The second-order valence-corrected chi connectivity index (χ2v) is 4.82. The molecule has 0 fully saturated rings. The molecule has 0 atom stereocenters. The third-order valence-electron chi connectivity index (χ3n) is 2.45. The van der Waals surface area contributed by atoms with E-state index in [-0.39, 0.29) is 18.0 Å². The average Bonchev–Trinajstić information content (AvgIpc) is 2.41. The van der Waals surface area contributed by atoms with Gasteiger partial charge < -0.3 is 5.32 Å². The van der Waals surface area contributed by atoms with Gasteiger partial charge in [-0.2, -0.15) is 0 Å². The number of nitrogens with zero attached hydrogens (tertiary/aromatic N) is 2. The Labute approximate surface area is 118 Å². The zero-order valence-corrected chi connectivity index (χ0v) is 11.7. The quantitative estimate of drug-likeness (QED) is 0.944. The largest absolute Gasteiger partial charge is 0.346 e. The van der Waals surface area contributed by atoms with Crippen LogP contribution in [0.15, 0.2) is 35.1 Å². The first kappa shape index (κ1) is 13.6. The average molecular weight is 324 g/mol. The van der Waals surface area contributed by atoms with Crippen LogP contribution in [-0.4, -0.2) is 15.9 Å². The van der Waals surface area contributed by atoms with Crippen LogP contribution in [0.2, 0.25) is 0 Å². The van der Waals surface area contributed by atoms with Crippen molar-refractivity contribution in [1.29, 1.82) is 0 Å². The molecule has 98 valence electrons. The molecule has 0 bridgehead atoms. The van der Waals surface area contributed by atoms with Crippen molar-refractivity contribution in [3.05, 3.63) is 57.8 Å². The second-order valence-electron chi connectivity index (χ2n) is 3.96. The van der Waals surface area contributed by atoms with Gasteiger partial charge in [-0.05, 0) is 41.1 Å². The molecule has 0 aliphatic rings. The van der Waals surface area contributed by atoms with E-state index in [0.717, 1.165) is 5.69 Å². The third-order valence-corrected chi connectivity index (χ3v) is 3.09. The first-order valence-corrected chi connectivity index (χ1v) is 6.36. The summed E-state index contributed by atoms with van der Waals surface area (Å²) in [6.45, 7) is 2.09. The number of carbonyl (C=O) groups excluding carboxylic acids is 1. The Hall–Kier alpha value is -1.82. The molecule has 19 heavy (non-hydrogen) atoms. The molecule has 1 aromatic heterocycles. The summed E-state index contributed by atoms with van der Waals surface area (Å²) < 4.78 is 13.6. The van der Waals surface area contributed by atoms with Crippen LogP contribution in [-0.2, 0) is 6.54 Å². The van der Waals surface area contributed by atoms with Crippen molar-refractivity contribution in [2.24, 2.45) is 0 Å². The summed E-state index contributed by atoms with van der Waals surface area (Å²) >= 11 is 3.04. The highest BCUT2D eigenvalue weighted by molar-refractivity contribution is 9.10. The fourth-order valence-electron chi connectivity index (χ4n) is 1.42. The minimum absolute atomic E-state index is 0.254. The Morgan fingerprint density at radius 2 is 2.16 bits per heavy atom. The number of hydrogen-bond acceptors (Lipinski definition) is 3. The summed E-state index contributed by atoms with van der Waals surface area (Å²) in [6.07, 6.45) is 3.22. The third kappa shape index (κ3) is 3.57. The van der Waals surface area contributed by atoms with Crippen molar-refractivity contribution in [3.8, 4) is 0 Å². The monoisotopic (exact) mass is 323 g/mol. The summed E-state index contributed by atoms with van der Waals surface area (Å²) in [4.78, 5) is 20.0. The number of aromatic nitrogens is 2. The molecule has 1 N–H and O–H groups in total. The Morgan fingerprint density at radius 3 is 2.79 bits per heavy atom. The van der Waals surface area contributed by atoms with E-state index in [1.807, 2.05) is 6.92 Å². The van der Waals surface area contributed by atoms with Gasteiger partial charge in [-0.25, -0.2) is 4.39 Å². The van der Waals surface area contributed by atoms with Gasteiger partial charge in [-0.3, -0.25) is 14.8 Å². The molecule has 4 nitrogen and oxygen atoms in total. The maximum atomic E-state index is 13.3. The smallest absolute Gasteiger partial charge is 0.251 e. The lowest BCUT2D eigenvalue weighted by molar-refractivity contribution is 0.0950. The number of nitrogens with one attached hydrogen (secondary N) is 1. The van der Waals surface area contributed by atoms with Crippen LogP contribution >= 0.6 is 15.9 Å². The van der Waals surface area contributed by atoms with Gasteiger partial charge >= 0.3 is 0 Å². The lowest BCUT2D eigenvalue weighted by Gasteiger charge is -2.05.